The van der Waals surface area contributed by atoms with Crippen molar-refractivity contribution in [3.63, 3.8) is 0 Å². The molecule has 1 aliphatic heterocycles. The monoisotopic (exact) mass is 352 g/mol. The minimum absolute atomic E-state index is 0.0389. The Morgan fingerprint density at radius 1 is 1.12 bits per heavy atom. The van der Waals surface area contributed by atoms with Crippen LogP contribution in [-0.2, 0) is 20.9 Å². The van der Waals surface area contributed by atoms with Crippen molar-refractivity contribution in [2.24, 2.45) is 0 Å². The zero-order chi connectivity index (χ0) is 18.7. The smallest absolute Gasteiger partial charge is 0.323 e. The van der Waals surface area contributed by atoms with Crippen molar-refractivity contribution >= 4 is 23.5 Å². The van der Waals surface area contributed by atoms with Crippen LogP contribution in [-0.4, -0.2) is 41.4 Å². The Labute approximate surface area is 151 Å². The average molecular weight is 352 g/mol. The second-order valence-electron chi connectivity index (χ2n) is 6.34. The number of nitrogens with zero attached hydrogens (tertiary/aromatic N) is 2. The fourth-order valence-corrected chi connectivity index (χ4v) is 3.26. The number of carboxylic acid groups (broad SMARTS) is 1. The molecule has 26 heavy (non-hydrogen) atoms. The summed E-state index contributed by atoms with van der Waals surface area (Å²) < 4.78 is 0. The molecule has 2 aromatic carbocycles. The van der Waals surface area contributed by atoms with Gasteiger partial charge in [0.15, 0.2) is 0 Å². The van der Waals surface area contributed by atoms with E-state index in [9.17, 15) is 19.5 Å². The average Bonchev–Trinajstić information content (AvgIpc) is 2.64. The summed E-state index contributed by atoms with van der Waals surface area (Å²) in [7, 11) is 1.68. The van der Waals surface area contributed by atoms with Crippen molar-refractivity contribution in [3.05, 3.63) is 65.7 Å². The maximum atomic E-state index is 13.1. The molecule has 0 spiro atoms. The second-order valence-corrected chi connectivity index (χ2v) is 6.34. The molecule has 2 aromatic rings. The van der Waals surface area contributed by atoms with Crippen LogP contribution in [0, 0.1) is 0 Å². The van der Waals surface area contributed by atoms with Crippen molar-refractivity contribution in [3.8, 4) is 0 Å². The molecular formula is C20H20N2O4. The van der Waals surface area contributed by atoms with Crippen LogP contribution in [0.3, 0.4) is 0 Å². The molecule has 1 aliphatic rings. The number of carbonyl (C=O) groups is 3. The first-order valence-corrected chi connectivity index (χ1v) is 8.37. The van der Waals surface area contributed by atoms with E-state index in [1.807, 2.05) is 48.5 Å². The van der Waals surface area contributed by atoms with E-state index in [2.05, 4.69) is 0 Å². The number of fused-ring (bicyclic) bond motifs is 1. The maximum absolute atomic E-state index is 13.1. The van der Waals surface area contributed by atoms with Crippen LogP contribution in [0.2, 0.25) is 0 Å². The van der Waals surface area contributed by atoms with Crippen LogP contribution in [0.25, 0.3) is 0 Å². The summed E-state index contributed by atoms with van der Waals surface area (Å²) >= 11 is 0. The van der Waals surface area contributed by atoms with E-state index in [0.29, 0.717) is 5.69 Å². The molecule has 0 unspecified atom stereocenters. The summed E-state index contributed by atoms with van der Waals surface area (Å²) in [5.41, 5.74) is 2.29. The quantitative estimate of drug-likeness (QED) is 0.895. The number of carboxylic acids is 1. The lowest BCUT2D eigenvalue weighted by atomic mass is 9.88. The van der Waals surface area contributed by atoms with E-state index < -0.39 is 18.4 Å². The van der Waals surface area contributed by atoms with Crippen molar-refractivity contribution in [1.29, 1.82) is 0 Å². The normalized spacial score (nSPS) is 16.1. The van der Waals surface area contributed by atoms with E-state index >= 15 is 0 Å². The largest absolute Gasteiger partial charge is 0.480 e. The lowest BCUT2D eigenvalue weighted by molar-refractivity contribution is -0.146. The number of para-hydroxylation sites is 1. The van der Waals surface area contributed by atoms with E-state index in [0.717, 1.165) is 11.1 Å². The minimum atomic E-state index is -1.08. The standard InChI is InChI=1S/C20H20N2O4/c1-21-17-10-6-5-9-15(17)16(11-18(21)23)20(26)22(13-19(24)25)12-14-7-3-2-4-8-14/h2-10,16H,11-13H2,1H3,(H,24,25)/t16-/m1/s1. The Bertz CT molecular complexity index is 835. The summed E-state index contributed by atoms with van der Waals surface area (Å²) in [6, 6.07) is 16.5. The van der Waals surface area contributed by atoms with Crippen molar-refractivity contribution in [2.75, 3.05) is 18.5 Å². The Kier molecular flexibility index (Phi) is 5.02. The van der Waals surface area contributed by atoms with E-state index in [4.69, 9.17) is 0 Å². The molecule has 1 heterocycles. The molecule has 3 rings (SSSR count). The van der Waals surface area contributed by atoms with Crippen LogP contribution < -0.4 is 4.90 Å². The van der Waals surface area contributed by atoms with Gasteiger partial charge in [0, 0.05) is 25.7 Å². The molecule has 134 valence electrons. The second kappa shape index (κ2) is 7.39. The Hall–Kier alpha value is -3.15. The van der Waals surface area contributed by atoms with E-state index in [1.165, 1.54) is 9.80 Å². The van der Waals surface area contributed by atoms with Gasteiger partial charge in [-0.1, -0.05) is 48.5 Å². The molecule has 1 atom stereocenters. The third kappa shape index (κ3) is 3.59. The highest BCUT2D eigenvalue weighted by Gasteiger charge is 2.36. The number of benzene rings is 2. The first-order valence-electron chi connectivity index (χ1n) is 8.37. The molecule has 0 radical (unpaired) electrons. The van der Waals surface area contributed by atoms with Gasteiger partial charge < -0.3 is 14.9 Å². The fourth-order valence-electron chi connectivity index (χ4n) is 3.26. The molecule has 1 N–H and O–H groups in total. The van der Waals surface area contributed by atoms with Crippen LogP contribution in [0.1, 0.15) is 23.5 Å². The predicted molar refractivity (Wildman–Crippen MR) is 96.7 cm³/mol. The van der Waals surface area contributed by atoms with Gasteiger partial charge in [-0.05, 0) is 17.2 Å². The van der Waals surface area contributed by atoms with E-state index in [1.54, 1.807) is 13.1 Å². The highest BCUT2D eigenvalue weighted by molar-refractivity contribution is 6.02. The van der Waals surface area contributed by atoms with Gasteiger partial charge in [0.2, 0.25) is 11.8 Å². The topological polar surface area (TPSA) is 77.9 Å². The van der Waals surface area contributed by atoms with Gasteiger partial charge in [-0.3, -0.25) is 14.4 Å². The molecule has 0 aromatic heterocycles. The van der Waals surface area contributed by atoms with E-state index in [-0.39, 0.29) is 24.8 Å². The molecule has 6 heteroatoms. The van der Waals surface area contributed by atoms with Gasteiger partial charge in [-0.15, -0.1) is 0 Å². The minimum Gasteiger partial charge on any atom is -0.480 e. The molecule has 0 fully saturated rings. The summed E-state index contributed by atoms with van der Waals surface area (Å²) in [6.45, 7) is -0.217. The zero-order valence-corrected chi connectivity index (χ0v) is 14.5. The summed E-state index contributed by atoms with van der Waals surface area (Å²) in [4.78, 5) is 39.6. The van der Waals surface area contributed by atoms with Crippen molar-refractivity contribution in [1.82, 2.24) is 4.90 Å². The number of amides is 2. The van der Waals surface area contributed by atoms with Crippen LogP contribution in [0.4, 0.5) is 5.69 Å². The van der Waals surface area contributed by atoms with Crippen LogP contribution in [0.5, 0.6) is 0 Å². The zero-order valence-electron chi connectivity index (χ0n) is 14.5. The third-order valence-electron chi connectivity index (χ3n) is 4.58. The van der Waals surface area contributed by atoms with Gasteiger partial charge in [0.25, 0.3) is 0 Å². The van der Waals surface area contributed by atoms with Crippen LogP contribution >= 0.6 is 0 Å². The number of aliphatic carboxylic acids is 1. The lowest BCUT2D eigenvalue weighted by Gasteiger charge is -2.33. The number of anilines is 1. The lowest BCUT2D eigenvalue weighted by Crippen LogP contribution is -2.43. The molecule has 0 saturated carbocycles. The number of hydrogen-bond acceptors (Lipinski definition) is 3. The molecular weight excluding hydrogens is 332 g/mol. The first kappa shape index (κ1) is 17.7. The highest BCUT2D eigenvalue weighted by Crippen LogP contribution is 2.36. The predicted octanol–water partition coefficient (Wildman–Crippen LogP) is 2.25. The summed E-state index contributed by atoms with van der Waals surface area (Å²) in [5.74, 6) is -2.25. The Morgan fingerprint density at radius 3 is 2.46 bits per heavy atom. The van der Waals surface area contributed by atoms with Gasteiger partial charge in [0.05, 0.1) is 5.92 Å². The van der Waals surface area contributed by atoms with Gasteiger partial charge in [-0.25, -0.2) is 0 Å². The molecule has 2 amide bonds. The molecule has 0 aliphatic carbocycles. The Balaban J connectivity index is 1.92. The van der Waals surface area contributed by atoms with Crippen molar-refractivity contribution < 1.29 is 19.5 Å². The number of hydrogen-bond donors (Lipinski definition) is 1. The number of rotatable bonds is 5. The third-order valence-corrected chi connectivity index (χ3v) is 4.58. The van der Waals surface area contributed by atoms with Gasteiger partial charge in [-0.2, -0.15) is 0 Å². The number of carbonyl (C=O) groups excluding carboxylic acids is 2. The molecule has 0 saturated heterocycles. The van der Waals surface area contributed by atoms with Crippen molar-refractivity contribution in [2.45, 2.75) is 18.9 Å². The molecule has 0 bridgehead atoms. The SMILES string of the molecule is CN1C(=O)C[C@@H](C(=O)N(CC(=O)O)Cc2ccccc2)c2ccccc21. The van der Waals surface area contributed by atoms with Gasteiger partial charge in [0.1, 0.15) is 6.54 Å². The summed E-state index contributed by atoms with van der Waals surface area (Å²) in [5, 5.41) is 9.23. The Morgan fingerprint density at radius 2 is 1.77 bits per heavy atom. The fraction of sp³-hybridized carbons (Fsp3) is 0.250. The first-order chi connectivity index (χ1) is 12.5. The van der Waals surface area contributed by atoms with Crippen LogP contribution in [0.15, 0.2) is 54.6 Å². The molecule has 6 nitrogen and oxygen atoms in total. The maximum Gasteiger partial charge on any atom is 0.323 e. The highest BCUT2D eigenvalue weighted by atomic mass is 16.4. The van der Waals surface area contributed by atoms with Gasteiger partial charge >= 0.3 is 5.97 Å². The summed E-state index contributed by atoms with van der Waals surface area (Å²) in [6.07, 6.45) is 0.0389.